The SMILES string of the molecule is CCCCOC(=O)C(C)(N(C)C)S(=O)(=O)O.CCN. The van der Waals surface area contributed by atoms with Crippen LogP contribution in [-0.2, 0) is 19.6 Å². The zero-order chi connectivity index (χ0) is 15.7. The molecule has 0 aromatic carbocycles. The highest BCUT2D eigenvalue weighted by atomic mass is 32.2. The highest BCUT2D eigenvalue weighted by molar-refractivity contribution is 7.88. The van der Waals surface area contributed by atoms with Crippen LogP contribution in [0.2, 0.25) is 0 Å². The lowest BCUT2D eigenvalue weighted by Gasteiger charge is -2.30. The highest BCUT2D eigenvalue weighted by Gasteiger charge is 2.49. The smallest absolute Gasteiger partial charge is 0.344 e. The van der Waals surface area contributed by atoms with Crippen LogP contribution in [0.5, 0.6) is 0 Å². The third kappa shape index (κ3) is 6.33. The van der Waals surface area contributed by atoms with Crippen molar-refractivity contribution >= 4 is 16.1 Å². The molecule has 19 heavy (non-hydrogen) atoms. The molecule has 0 amide bonds. The number of nitrogens with zero attached hydrogens (tertiary/aromatic N) is 1. The van der Waals surface area contributed by atoms with Gasteiger partial charge in [-0.2, -0.15) is 8.42 Å². The number of esters is 1. The number of carbonyl (C=O) groups excluding carboxylic acids is 1. The summed E-state index contributed by atoms with van der Waals surface area (Å²) in [7, 11) is -1.78. The van der Waals surface area contributed by atoms with Crippen molar-refractivity contribution in [2.75, 3.05) is 27.2 Å². The molecule has 0 aliphatic rings. The normalized spacial score (nSPS) is 14.3. The molecule has 1 unspecified atom stereocenters. The van der Waals surface area contributed by atoms with Crippen molar-refractivity contribution in [3.63, 3.8) is 0 Å². The quantitative estimate of drug-likeness (QED) is 0.416. The Kier molecular flexibility index (Phi) is 10.0. The Morgan fingerprint density at radius 3 is 2.05 bits per heavy atom. The summed E-state index contributed by atoms with van der Waals surface area (Å²) in [5.74, 6) is -0.964. The van der Waals surface area contributed by atoms with E-state index in [-0.39, 0.29) is 6.61 Å². The van der Waals surface area contributed by atoms with E-state index in [1.165, 1.54) is 14.1 Å². The van der Waals surface area contributed by atoms with E-state index in [4.69, 9.17) is 15.0 Å². The minimum atomic E-state index is -4.55. The van der Waals surface area contributed by atoms with Crippen molar-refractivity contribution in [2.45, 2.75) is 38.5 Å². The zero-order valence-corrected chi connectivity index (χ0v) is 13.2. The van der Waals surface area contributed by atoms with Gasteiger partial charge >= 0.3 is 5.97 Å². The number of nitrogens with two attached hydrogens (primary N) is 1. The Bertz CT molecular complexity index is 356. The molecule has 0 spiro atoms. The first-order chi connectivity index (χ1) is 8.59. The minimum absolute atomic E-state index is 0.147. The first-order valence-electron chi connectivity index (χ1n) is 6.11. The van der Waals surface area contributed by atoms with Crippen molar-refractivity contribution in [3.05, 3.63) is 0 Å². The van der Waals surface area contributed by atoms with Gasteiger partial charge in [-0.15, -0.1) is 0 Å². The van der Waals surface area contributed by atoms with Crippen molar-refractivity contribution in [2.24, 2.45) is 5.73 Å². The number of likely N-dealkylation sites (N-methyl/N-ethyl adjacent to an activating group) is 1. The van der Waals surface area contributed by atoms with Gasteiger partial charge in [0, 0.05) is 0 Å². The molecule has 7 nitrogen and oxygen atoms in total. The molecule has 0 aromatic heterocycles. The van der Waals surface area contributed by atoms with Gasteiger partial charge in [-0.1, -0.05) is 20.3 Å². The number of rotatable bonds is 6. The molecule has 0 aromatic rings. The number of hydrogen-bond donors (Lipinski definition) is 2. The summed E-state index contributed by atoms with van der Waals surface area (Å²) >= 11 is 0. The summed E-state index contributed by atoms with van der Waals surface area (Å²) in [6, 6.07) is 0. The van der Waals surface area contributed by atoms with E-state index in [0.29, 0.717) is 6.42 Å². The van der Waals surface area contributed by atoms with Crippen molar-refractivity contribution < 1.29 is 22.5 Å². The van der Waals surface area contributed by atoms with E-state index >= 15 is 0 Å². The van der Waals surface area contributed by atoms with Gasteiger partial charge in [0.25, 0.3) is 10.1 Å². The van der Waals surface area contributed by atoms with Gasteiger partial charge in [0.2, 0.25) is 4.87 Å². The summed E-state index contributed by atoms with van der Waals surface area (Å²) in [5.41, 5.74) is 4.85. The number of unbranched alkanes of at least 4 members (excludes halogenated alkanes) is 1. The molecule has 0 fully saturated rings. The van der Waals surface area contributed by atoms with Gasteiger partial charge in [0.1, 0.15) is 0 Å². The lowest BCUT2D eigenvalue weighted by molar-refractivity contribution is -0.151. The van der Waals surface area contributed by atoms with Crippen LogP contribution in [0.15, 0.2) is 0 Å². The first kappa shape index (κ1) is 20.6. The lowest BCUT2D eigenvalue weighted by atomic mass is 10.3. The Labute approximate surface area is 115 Å². The van der Waals surface area contributed by atoms with E-state index in [1.807, 2.05) is 13.8 Å². The predicted octanol–water partition coefficient (Wildman–Crippen LogP) is 0.460. The van der Waals surface area contributed by atoms with Crippen LogP contribution in [0.25, 0.3) is 0 Å². The van der Waals surface area contributed by atoms with E-state index in [1.54, 1.807) is 0 Å². The Morgan fingerprint density at radius 1 is 1.37 bits per heavy atom. The maximum absolute atomic E-state index is 11.6. The molecule has 0 radical (unpaired) electrons. The van der Waals surface area contributed by atoms with Gasteiger partial charge in [-0.3, -0.25) is 9.45 Å². The van der Waals surface area contributed by atoms with Crippen molar-refractivity contribution in [1.29, 1.82) is 0 Å². The molecular formula is C11H26N2O5S. The van der Waals surface area contributed by atoms with Gasteiger partial charge in [-0.05, 0) is 34.0 Å². The fraction of sp³-hybridized carbons (Fsp3) is 0.909. The van der Waals surface area contributed by atoms with Crippen LogP contribution in [0.4, 0.5) is 0 Å². The van der Waals surface area contributed by atoms with E-state index in [2.05, 4.69) is 0 Å². The molecule has 0 bridgehead atoms. The topological polar surface area (TPSA) is 110 Å². The largest absolute Gasteiger partial charge is 0.463 e. The fourth-order valence-electron chi connectivity index (χ4n) is 0.962. The Morgan fingerprint density at radius 2 is 1.79 bits per heavy atom. The zero-order valence-electron chi connectivity index (χ0n) is 12.3. The average molecular weight is 298 g/mol. The second-order valence-corrected chi connectivity index (χ2v) is 6.00. The Balaban J connectivity index is 0. The minimum Gasteiger partial charge on any atom is -0.463 e. The van der Waals surface area contributed by atoms with Crippen LogP contribution < -0.4 is 5.73 Å². The summed E-state index contributed by atoms with van der Waals surface area (Å²) in [6.45, 7) is 5.83. The molecule has 0 saturated heterocycles. The molecule has 3 N–H and O–H groups in total. The van der Waals surface area contributed by atoms with E-state index < -0.39 is 21.0 Å². The standard InChI is InChI=1S/C9H19NO5S.C2H7N/c1-5-6-7-15-8(11)9(2,10(3)4)16(12,13)14;1-2-3/h5-7H2,1-4H3,(H,12,13,14);2-3H2,1H3. The van der Waals surface area contributed by atoms with Gasteiger partial charge in [0.15, 0.2) is 0 Å². The van der Waals surface area contributed by atoms with Crippen molar-refractivity contribution in [3.8, 4) is 0 Å². The van der Waals surface area contributed by atoms with E-state index in [0.717, 1.165) is 24.8 Å². The number of carbonyl (C=O) groups is 1. The third-order valence-electron chi connectivity index (χ3n) is 2.47. The van der Waals surface area contributed by atoms with Crippen LogP contribution in [0.1, 0.15) is 33.6 Å². The maximum Gasteiger partial charge on any atom is 0.344 e. The van der Waals surface area contributed by atoms with Crippen LogP contribution in [0.3, 0.4) is 0 Å². The van der Waals surface area contributed by atoms with Crippen LogP contribution >= 0.6 is 0 Å². The molecule has 0 aliphatic carbocycles. The molecular weight excluding hydrogens is 272 g/mol. The number of hydrogen-bond acceptors (Lipinski definition) is 6. The second kappa shape index (κ2) is 9.24. The van der Waals surface area contributed by atoms with E-state index in [9.17, 15) is 13.2 Å². The summed E-state index contributed by atoms with van der Waals surface area (Å²) in [6.07, 6.45) is 1.48. The lowest BCUT2D eigenvalue weighted by Crippen LogP contribution is -2.55. The third-order valence-corrected chi connectivity index (χ3v) is 4.00. The molecule has 0 rings (SSSR count). The fourth-order valence-corrected chi connectivity index (χ4v) is 1.69. The first-order valence-corrected chi connectivity index (χ1v) is 7.55. The van der Waals surface area contributed by atoms with Gasteiger partial charge < -0.3 is 10.5 Å². The van der Waals surface area contributed by atoms with Crippen LogP contribution in [0, 0.1) is 0 Å². The average Bonchev–Trinajstić information content (AvgIpc) is 2.27. The second-order valence-electron chi connectivity index (χ2n) is 4.25. The van der Waals surface area contributed by atoms with Crippen LogP contribution in [-0.4, -0.2) is 56.0 Å². The summed E-state index contributed by atoms with van der Waals surface area (Å²) < 4.78 is 36.2. The number of ether oxygens (including phenoxy) is 1. The molecule has 0 heterocycles. The summed E-state index contributed by atoms with van der Waals surface area (Å²) in [4.78, 5) is 10.7. The van der Waals surface area contributed by atoms with Gasteiger partial charge in [-0.25, -0.2) is 4.79 Å². The molecule has 8 heteroatoms. The van der Waals surface area contributed by atoms with Crippen molar-refractivity contribution in [1.82, 2.24) is 4.90 Å². The predicted molar refractivity (Wildman–Crippen MR) is 74.2 cm³/mol. The summed E-state index contributed by atoms with van der Waals surface area (Å²) in [5, 5.41) is 0. The Hall–Kier alpha value is -0.700. The maximum atomic E-state index is 11.6. The molecule has 0 aliphatic heterocycles. The molecule has 116 valence electrons. The monoisotopic (exact) mass is 298 g/mol. The molecule has 0 saturated carbocycles. The molecule has 1 atom stereocenters. The highest BCUT2D eigenvalue weighted by Crippen LogP contribution is 2.20. The van der Waals surface area contributed by atoms with Gasteiger partial charge in [0.05, 0.1) is 6.61 Å².